The minimum atomic E-state index is -0.271. The normalized spacial score (nSPS) is 21.1. The zero-order valence-electron chi connectivity index (χ0n) is 16.7. The molecule has 0 saturated carbocycles. The molecule has 1 aromatic rings. The van der Waals surface area contributed by atoms with Gasteiger partial charge in [0.05, 0.1) is 25.4 Å². The lowest BCUT2D eigenvalue weighted by molar-refractivity contribution is 0.0788. The maximum atomic E-state index is 13.0. The summed E-state index contributed by atoms with van der Waals surface area (Å²) < 4.78 is 10.5. The van der Waals surface area contributed by atoms with Crippen molar-refractivity contribution in [3.05, 3.63) is 23.9 Å². The van der Waals surface area contributed by atoms with E-state index in [0.717, 1.165) is 25.9 Å². The molecule has 0 aliphatic carbocycles. The van der Waals surface area contributed by atoms with Gasteiger partial charge in [0, 0.05) is 38.4 Å². The van der Waals surface area contributed by atoms with Crippen molar-refractivity contribution >= 4 is 17.8 Å². The van der Waals surface area contributed by atoms with Crippen LogP contribution in [0.3, 0.4) is 0 Å². The number of hydrogen-bond acceptors (Lipinski definition) is 6. The topological polar surface area (TPSA) is 84.0 Å². The van der Waals surface area contributed by atoms with Crippen LogP contribution in [0.15, 0.2) is 18.3 Å². The van der Waals surface area contributed by atoms with Gasteiger partial charge in [0.2, 0.25) is 0 Å². The Labute approximate surface area is 166 Å². The smallest absolute Gasteiger partial charge is 0.409 e. The van der Waals surface area contributed by atoms with Crippen molar-refractivity contribution in [2.75, 3.05) is 50.9 Å². The van der Waals surface area contributed by atoms with E-state index in [0.29, 0.717) is 44.3 Å². The van der Waals surface area contributed by atoms with Crippen LogP contribution in [-0.2, 0) is 9.47 Å². The molecule has 154 valence electrons. The lowest BCUT2D eigenvalue weighted by atomic mass is 9.91. The number of amides is 2. The highest BCUT2D eigenvalue weighted by Crippen LogP contribution is 2.22. The molecule has 2 fully saturated rings. The number of piperidine rings is 1. The molecule has 0 spiro atoms. The van der Waals surface area contributed by atoms with Crippen LogP contribution >= 0.6 is 0 Å². The summed E-state index contributed by atoms with van der Waals surface area (Å²) >= 11 is 0. The molecule has 2 aliphatic rings. The van der Waals surface area contributed by atoms with Crippen LogP contribution < -0.4 is 10.2 Å². The number of anilines is 1. The van der Waals surface area contributed by atoms with Gasteiger partial charge in [-0.25, -0.2) is 9.78 Å². The summed E-state index contributed by atoms with van der Waals surface area (Å²) in [6.07, 6.45) is 3.33. The quantitative estimate of drug-likeness (QED) is 0.827. The largest absolute Gasteiger partial charge is 0.450 e. The maximum Gasteiger partial charge on any atom is 0.409 e. The lowest BCUT2D eigenvalue weighted by Gasteiger charge is -2.35. The fourth-order valence-corrected chi connectivity index (χ4v) is 3.80. The summed E-state index contributed by atoms with van der Waals surface area (Å²) in [6, 6.07) is 3.54. The second-order valence-electron chi connectivity index (χ2n) is 7.28. The predicted octanol–water partition coefficient (Wildman–Crippen LogP) is 1.90. The van der Waals surface area contributed by atoms with Gasteiger partial charge in [-0.2, -0.15) is 0 Å². The number of morpholine rings is 1. The number of aromatic nitrogens is 1. The third-order valence-corrected chi connectivity index (χ3v) is 5.39. The molecule has 2 saturated heterocycles. The summed E-state index contributed by atoms with van der Waals surface area (Å²) in [6.45, 7) is 8.22. The van der Waals surface area contributed by atoms with Gasteiger partial charge in [-0.3, -0.25) is 4.79 Å². The van der Waals surface area contributed by atoms with Gasteiger partial charge < -0.3 is 24.6 Å². The molecule has 2 atom stereocenters. The predicted molar refractivity (Wildman–Crippen MR) is 106 cm³/mol. The van der Waals surface area contributed by atoms with Crippen molar-refractivity contribution in [3.63, 3.8) is 0 Å². The van der Waals surface area contributed by atoms with E-state index in [1.165, 1.54) is 0 Å². The average Bonchev–Trinajstić information content (AvgIpc) is 2.74. The molecule has 2 amide bonds. The highest BCUT2D eigenvalue weighted by molar-refractivity contribution is 5.99. The number of hydrogen-bond donors (Lipinski definition) is 1. The third-order valence-electron chi connectivity index (χ3n) is 5.39. The molecule has 8 heteroatoms. The Bertz CT molecular complexity index is 678. The van der Waals surface area contributed by atoms with Crippen LogP contribution in [0, 0.1) is 5.92 Å². The second-order valence-corrected chi connectivity index (χ2v) is 7.28. The van der Waals surface area contributed by atoms with Gasteiger partial charge in [-0.15, -0.1) is 0 Å². The van der Waals surface area contributed by atoms with E-state index in [1.54, 1.807) is 17.2 Å². The average molecular weight is 390 g/mol. The van der Waals surface area contributed by atoms with Crippen LogP contribution in [0.4, 0.5) is 10.6 Å². The molecule has 3 heterocycles. The molecule has 28 heavy (non-hydrogen) atoms. The van der Waals surface area contributed by atoms with Crippen LogP contribution in [0.25, 0.3) is 0 Å². The monoisotopic (exact) mass is 390 g/mol. The van der Waals surface area contributed by atoms with Crippen molar-refractivity contribution in [2.24, 2.45) is 5.92 Å². The van der Waals surface area contributed by atoms with E-state index < -0.39 is 0 Å². The van der Waals surface area contributed by atoms with Gasteiger partial charge in [-0.1, -0.05) is 0 Å². The molecule has 1 aromatic heterocycles. The summed E-state index contributed by atoms with van der Waals surface area (Å²) in [5.74, 6) is 0.772. The number of nitrogens with one attached hydrogen (secondary N) is 1. The van der Waals surface area contributed by atoms with E-state index in [1.807, 2.05) is 19.9 Å². The van der Waals surface area contributed by atoms with Crippen LogP contribution in [0.1, 0.15) is 37.0 Å². The Kier molecular flexibility index (Phi) is 7.08. The Balaban J connectivity index is 1.63. The number of carbonyl (C=O) groups excluding carboxylic acids is 2. The van der Waals surface area contributed by atoms with E-state index in [-0.39, 0.29) is 24.0 Å². The zero-order chi connectivity index (χ0) is 19.9. The first-order valence-electron chi connectivity index (χ1n) is 10.1. The van der Waals surface area contributed by atoms with E-state index in [4.69, 9.17) is 9.47 Å². The first kappa shape index (κ1) is 20.4. The Morgan fingerprint density at radius 2 is 2.14 bits per heavy atom. The highest BCUT2D eigenvalue weighted by Gasteiger charge is 2.29. The van der Waals surface area contributed by atoms with Gasteiger partial charge >= 0.3 is 6.09 Å². The molecule has 8 nitrogen and oxygen atoms in total. The first-order valence-corrected chi connectivity index (χ1v) is 10.1. The Hall–Kier alpha value is -2.35. The van der Waals surface area contributed by atoms with Gasteiger partial charge in [0.25, 0.3) is 5.91 Å². The van der Waals surface area contributed by atoms with Crippen molar-refractivity contribution in [1.82, 2.24) is 15.2 Å². The van der Waals surface area contributed by atoms with Crippen LogP contribution in [0.5, 0.6) is 0 Å². The minimum absolute atomic E-state index is 0.0533. The molecule has 3 rings (SSSR count). The molecular formula is C20H30N4O4. The molecule has 2 aliphatic heterocycles. The molecule has 1 N–H and O–H groups in total. The number of carbonyl (C=O) groups is 2. The number of rotatable bonds is 5. The summed E-state index contributed by atoms with van der Waals surface area (Å²) in [7, 11) is 0. The van der Waals surface area contributed by atoms with E-state index in [9.17, 15) is 9.59 Å². The van der Waals surface area contributed by atoms with Gasteiger partial charge in [0.1, 0.15) is 5.82 Å². The van der Waals surface area contributed by atoms with E-state index >= 15 is 0 Å². The number of pyridine rings is 1. The molecule has 0 bridgehead atoms. The SMILES string of the molecule is CCOC(=O)N1CCC[C@H]([C@@H](C)NC(=O)c2cccnc2N2CCOCC2)C1. The van der Waals surface area contributed by atoms with Crippen LogP contribution in [-0.4, -0.2) is 73.9 Å². The van der Waals surface area contributed by atoms with Crippen LogP contribution in [0.2, 0.25) is 0 Å². The summed E-state index contributed by atoms with van der Waals surface area (Å²) in [5, 5.41) is 3.12. The maximum absolute atomic E-state index is 13.0. The second kappa shape index (κ2) is 9.73. The fourth-order valence-electron chi connectivity index (χ4n) is 3.80. The Morgan fingerprint density at radius 3 is 2.89 bits per heavy atom. The summed E-state index contributed by atoms with van der Waals surface area (Å²) in [4.78, 5) is 33.3. The number of ether oxygens (including phenoxy) is 2. The fraction of sp³-hybridized carbons (Fsp3) is 0.650. The number of nitrogens with zero attached hydrogens (tertiary/aromatic N) is 3. The standard InChI is InChI=1S/C20H30N4O4/c1-3-28-20(26)24-9-5-6-16(14-24)15(2)22-19(25)17-7-4-8-21-18(17)23-10-12-27-13-11-23/h4,7-8,15-16H,3,5-6,9-14H2,1-2H3,(H,22,25)/t15-,16+/m1/s1. The summed E-state index contributed by atoms with van der Waals surface area (Å²) in [5.41, 5.74) is 0.578. The van der Waals surface area contributed by atoms with Crippen molar-refractivity contribution in [2.45, 2.75) is 32.7 Å². The van der Waals surface area contributed by atoms with Gasteiger partial charge in [-0.05, 0) is 44.7 Å². The number of likely N-dealkylation sites (tertiary alicyclic amines) is 1. The molecule has 0 unspecified atom stereocenters. The minimum Gasteiger partial charge on any atom is -0.450 e. The zero-order valence-corrected chi connectivity index (χ0v) is 16.7. The lowest BCUT2D eigenvalue weighted by Crippen LogP contribution is -2.48. The molecule has 0 aromatic carbocycles. The molecular weight excluding hydrogens is 360 g/mol. The molecule has 0 radical (unpaired) electrons. The van der Waals surface area contributed by atoms with Crippen molar-refractivity contribution < 1.29 is 19.1 Å². The third kappa shape index (κ3) is 4.92. The first-order chi connectivity index (χ1) is 13.6. The Morgan fingerprint density at radius 1 is 1.36 bits per heavy atom. The van der Waals surface area contributed by atoms with Gasteiger partial charge in [0.15, 0.2) is 0 Å². The highest BCUT2D eigenvalue weighted by atomic mass is 16.6. The van der Waals surface area contributed by atoms with Crippen molar-refractivity contribution in [3.8, 4) is 0 Å². The van der Waals surface area contributed by atoms with E-state index in [2.05, 4.69) is 15.2 Å². The van der Waals surface area contributed by atoms with Crippen molar-refractivity contribution in [1.29, 1.82) is 0 Å².